The number of rotatable bonds is 2. The number of aromatic nitrogens is 4. The molecule has 4 heteroatoms. The fourth-order valence-corrected chi connectivity index (χ4v) is 12.2. The van der Waals surface area contributed by atoms with E-state index in [4.69, 9.17) is 4.98 Å². The fraction of sp³-hybridized carbons (Fsp3) is 0.127. The van der Waals surface area contributed by atoms with Crippen molar-refractivity contribution in [3.63, 3.8) is 0 Å². The second-order valence-corrected chi connectivity index (χ2v) is 21.2. The van der Waals surface area contributed by atoms with Gasteiger partial charge in [0.05, 0.1) is 44.8 Å². The van der Waals surface area contributed by atoms with Crippen LogP contribution in [0.2, 0.25) is 0 Å². The second-order valence-electron chi connectivity index (χ2n) is 21.2. The van der Waals surface area contributed by atoms with Crippen LogP contribution in [0.5, 0.6) is 0 Å². The van der Waals surface area contributed by atoms with Crippen LogP contribution in [0.3, 0.4) is 0 Å². The molecule has 0 atom stereocenters. The summed E-state index contributed by atoms with van der Waals surface area (Å²) in [6, 6.07) is 61.7. The molecule has 67 heavy (non-hydrogen) atoms. The monoisotopic (exact) mass is 858 g/mol. The molecule has 15 rings (SSSR count). The van der Waals surface area contributed by atoms with Crippen LogP contribution in [0, 0.1) is 0 Å². The van der Waals surface area contributed by atoms with Gasteiger partial charge in [-0.15, -0.1) is 0 Å². The molecule has 0 spiro atoms. The molecule has 0 radical (unpaired) electrons. The predicted octanol–water partition coefficient (Wildman–Crippen LogP) is 17.0. The topological polar surface area (TPSA) is 26.6 Å². The molecule has 0 unspecified atom stereocenters. The molecule has 0 aliphatic carbocycles. The van der Waals surface area contributed by atoms with E-state index in [1.54, 1.807) is 0 Å². The number of hydrogen-bond acceptors (Lipinski definition) is 1. The van der Waals surface area contributed by atoms with Crippen molar-refractivity contribution >= 4 is 120 Å². The molecule has 0 bridgehead atoms. The average Bonchev–Trinajstić information content (AvgIpc) is 4.12. The Kier molecular flexibility index (Phi) is 6.94. The van der Waals surface area contributed by atoms with E-state index in [1.807, 2.05) is 0 Å². The average molecular weight is 859 g/mol. The summed E-state index contributed by atoms with van der Waals surface area (Å²) in [6.07, 6.45) is 2.18. The standard InChI is InChI=1S/C63H46N4/c1-62(2,3)38-25-27-52-45(31-38)46-28-36-17-11-13-21-42(36)55-57-53(66(52)60(46)55)34-64-61-56(57)49-33-39(63(4,5)6)32-48-47-29-35-16-10-12-20-41(35)54(59(47)67(61)58(48)49)37-24-26-51-44(30-37)43-22-14-15-23-50(43)65(51)40-18-8-7-9-19-40/h7-34H,1-6H3. The van der Waals surface area contributed by atoms with Crippen LogP contribution in [0.4, 0.5) is 0 Å². The maximum Gasteiger partial charge on any atom is 0.146 e. The van der Waals surface area contributed by atoms with E-state index >= 15 is 0 Å². The maximum atomic E-state index is 5.66. The summed E-state index contributed by atoms with van der Waals surface area (Å²) in [5.41, 5.74) is 15.7. The summed E-state index contributed by atoms with van der Waals surface area (Å²) in [7, 11) is 0. The summed E-state index contributed by atoms with van der Waals surface area (Å²) in [5.74, 6) is 0. The van der Waals surface area contributed by atoms with Gasteiger partial charge in [-0.1, -0.05) is 139 Å². The summed E-state index contributed by atoms with van der Waals surface area (Å²) in [5, 5.41) is 17.7. The van der Waals surface area contributed by atoms with Crippen molar-refractivity contribution in [2.45, 2.75) is 52.4 Å². The van der Waals surface area contributed by atoms with Crippen LogP contribution >= 0.6 is 0 Å². The van der Waals surface area contributed by atoms with Crippen molar-refractivity contribution in [2.75, 3.05) is 0 Å². The van der Waals surface area contributed by atoms with Crippen molar-refractivity contribution in [1.29, 1.82) is 0 Å². The van der Waals surface area contributed by atoms with Crippen molar-refractivity contribution in [2.24, 2.45) is 0 Å². The van der Waals surface area contributed by atoms with E-state index in [0.29, 0.717) is 0 Å². The Labute approximate surface area is 386 Å². The van der Waals surface area contributed by atoms with Gasteiger partial charge < -0.3 is 8.97 Å². The van der Waals surface area contributed by atoms with Crippen molar-refractivity contribution in [1.82, 2.24) is 18.4 Å². The van der Waals surface area contributed by atoms with E-state index in [1.165, 1.54) is 131 Å². The van der Waals surface area contributed by atoms with Gasteiger partial charge in [0.1, 0.15) is 5.65 Å². The molecular weight excluding hydrogens is 813 g/mol. The number of pyridine rings is 1. The lowest BCUT2D eigenvalue weighted by molar-refractivity contribution is 0.591. The van der Waals surface area contributed by atoms with Crippen LogP contribution in [0.25, 0.3) is 136 Å². The number of benzene rings is 9. The summed E-state index contributed by atoms with van der Waals surface area (Å²) >= 11 is 0. The fourth-order valence-electron chi connectivity index (χ4n) is 12.2. The highest BCUT2D eigenvalue weighted by molar-refractivity contribution is 6.39. The minimum absolute atomic E-state index is 0.0311. The number of fused-ring (bicyclic) bond motifs is 19. The quantitative estimate of drug-likeness (QED) is 0.170. The molecule has 318 valence electrons. The first-order chi connectivity index (χ1) is 32.5. The third kappa shape index (κ3) is 4.74. The molecule has 6 heterocycles. The molecule has 6 aromatic heterocycles. The molecule has 4 nitrogen and oxygen atoms in total. The molecule has 0 saturated heterocycles. The van der Waals surface area contributed by atoms with Crippen LogP contribution in [-0.4, -0.2) is 18.4 Å². The van der Waals surface area contributed by atoms with Crippen LogP contribution in [-0.2, 0) is 10.8 Å². The lowest BCUT2D eigenvalue weighted by Crippen LogP contribution is -2.10. The SMILES string of the molecule is CC(C)(C)c1ccc2c(c1)c1cc3ccccc3c3c4c5c6cc(C(C)(C)C)cc7c8cc9ccccc9c(-c9ccc%10c(c9)c9ccccc9n%10-c9ccccc9)c8n(c5ncc4n2c13)c76. The maximum absolute atomic E-state index is 5.66. The van der Waals surface area contributed by atoms with Crippen molar-refractivity contribution in [3.05, 3.63) is 181 Å². The third-order valence-corrected chi connectivity index (χ3v) is 15.4. The van der Waals surface area contributed by atoms with Gasteiger partial charge in [0.15, 0.2) is 0 Å². The molecule has 0 fully saturated rings. The zero-order valence-electron chi connectivity index (χ0n) is 38.5. The highest BCUT2D eigenvalue weighted by atomic mass is 15.0. The molecule has 0 N–H and O–H groups in total. The molecule has 0 saturated carbocycles. The summed E-state index contributed by atoms with van der Waals surface area (Å²) in [6.45, 7) is 14.0. The lowest BCUT2D eigenvalue weighted by Gasteiger charge is -2.19. The molecule has 0 amide bonds. The number of para-hydroxylation sites is 2. The van der Waals surface area contributed by atoms with Gasteiger partial charge >= 0.3 is 0 Å². The summed E-state index contributed by atoms with van der Waals surface area (Å²) in [4.78, 5) is 5.66. The van der Waals surface area contributed by atoms with Crippen LogP contribution in [0.1, 0.15) is 52.7 Å². The molecule has 15 aromatic rings. The van der Waals surface area contributed by atoms with E-state index in [9.17, 15) is 0 Å². The smallest absolute Gasteiger partial charge is 0.146 e. The second kappa shape index (κ2) is 12.5. The van der Waals surface area contributed by atoms with Gasteiger partial charge in [0, 0.05) is 65.1 Å². The number of hydrogen-bond donors (Lipinski definition) is 0. The van der Waals surface area contributed by atoms with E-state index in [0.717, 1.165) is 16.9 Å². The van der Waals surface area contributed by atoms with Crippen LogP contribution in [0.15, 0.2) is 170 Å². The Bertz CT molecular complexity index is 4620. The zero-order chi connectivity index (χ0) is 44.8. The predicted molar refractivity (Wildman–Crippen MR) is 286 cm³/mol. The third-order valence-electron chi connectivity index (χ3n) is 15.4. The number of nitrogens with zero attached hydrogens (tertiary/aromatic N) is 4. The normalized spacial score (nSPS) is 13.2. The Morgan fingerprint density at radius 2 is 0.970 bits per heavy atom. The Hall–Kier alpha value is -7.95. The molecule has 0 aliphatic heterocycles. The Morgan fingerprint density at radius 3 is 1.75 bits per heavy atom. The largest absolute Gasteiger partial charge is 0.309 e. The highest BCUT2D eigenvalue weighted by Gasteiger charge is 2.30. The van der Waals surface area contributed by atoms with Gasteiger partial charge in [-0.05, 0) is 116 Å². The minimum Gasteiger partial charge on any atom is -0.309 e. The van der Waals surface area contributed by atoms with E-state index in [2.05, 4.69) is 225 Å². The van der Waals surface area contributed by atoms with Gasteiger partial charge in [0.25, 0.3) is 0 Å². The minimum atomic E-state index is -0.0934. The first-order valence-corrected chi connectivity index (χ1v) is 23.7. The van der Waals surface area contributed by atoms with Gasteiger partial charge in [-0.2, -0.15) is 0 Å². The van der Waals surface area contributed by atoms with Crippen LogP contribution < -0.4 is 0 Å². The van der Waals surface area contributed by atoms with Crippen molar-refractivity contribution < 1.29 is 0 Å². The summed E-state index contributed by atoms with van der Waals surface area (Å²) < 4.78 is 7.48. The van der Waals surface area contributed by atoms with Gasteiger partial charge in [-0.25, -0.2) is 4.98 Å². The van der Waals surface area contributed by atoms with E-state index in [-0.39, 0.29) is 10.8 Å². The Balaban J connectivity index is 1.15. The first-order valence-electron chi connectivity index (χ1n) is 23.7. The Morgan fingerprint density at radius 1 is 0.373 bits per heavy atom. The first kappa shape index (κ1) is 37.3. The molecular formula is C63H46N4. The molecule has 0 aliphatic rings. The van der Waals surface area contributed by atoms with Gasteiger partial charge in [-0.3, -0.25) is 4.40 Å². The highest BCUT2D eigenvalue weighted by Crippen LogP contribution is 2.52. The van der Waals surface area contributed by atoms with Crippen molar-refractivity contribution in [3.8, 4) is 16.8 Å². The van der Waals surface area contributed by atoms with Gasteiger partial charge in [0.2, 0.25) is 0 Å². The molecule has 9 aromatic carbocycles. The zero-order valence-corrected chi connectivity index (χ0v) is 38.5. The lowest BCUT2D eigenvalue weighted by atomic mass is 9.85. The van der Waals surface area contributed by atoms with E-state index < -0.39 is 0 Å².